The summed E-state index contributed by atoms with van der Waals surface area (Å²) in [6, 6.07) is 8.48. The Morgan fingerprint density at radius 1 is 1.48 bits per heavy atom. The van der Waals surface area contributed by atoms with E-state index in [4.69, 9.17) is 4.74 Å². The fourth-order valence-electron chi connectivity index (χ4n) is 2.43. The Hall–Kier alpha value is -1.71. The van der Waals surface area contributed by atoms with E-state index in [0.29, 0.717) is 6.42 Å². The molecule has 0 saturated heterocycles. The van der Waals surface area contributed by atoms with Crippen molar-refractivity contribution in [1.82, 2.24) is 5.32 Å². The highest BCUT2D eigenvalue weighted by molar-refractivity contribution is 7.78. The topological polar surface area (TPSA) is 50.7 Å². The average Bonchev–Trinajstić information content (AvgIpc) is 2.46. The van der Waals surface area contributed by atoms with Gasteiger partial charge in [-0.1, -0.05) is 12.1 Å². The van der Waals surface area contributed by atoms with Crippen LogP contribution >= 0.6 is 12.2 Å². The van der Waals surface area contributed by atoms with E-state index in [1.807, 2.05) is 24.3 Å². The Morgan fingerprint density at radius 2 is 2.19 bits per heavy atom. The highest BCUT2D eigenvalue weighted by Crippen LogP contribution is 2.23. The number of rotatable bonds is 7. The first-order valence-electron chi connectivity index (χ1n) is 7.20. The van der Waals surface area contributed by atoms with E-state index < -0.39 is 0 Å². The van der Waals surface area contributed by atoms with E-state index in [0.717, 1.165) is 31.4 Å². The van der Waals surface area contributed by atoms with Gasteiger partial charge in [-0.2, -0.15) is 0 Å². The van der Waals surface area contributed by atoms with Crippen molar-refractivity contribution in [2.45, 2.75) is 44.2 Å². The number of nitrogens with one attached hydrogen (secondary N) is 1. The molecule has 0 bridgehead atoms. The molecule has 1 fully saturated rings. The molecule has 0 aromatic heterocycles. The van der Waals surface area contributed by atoms with Gasteiger partial charge in [-0.3, -0.25) is 4.79 Å². The van der Waals surface area contributed by atoms with Gasteiger partial charge in [0.1, 0.15) is 5.75 Å². The van der Waals surface area contributed by atoms with Gasteiger partial charge in [-0.25, -0.2) is 4.99 Å². The maximum Gasteiger partial charge on any atom is 0.220 e. The van der Waals surface area contributed by atoms with Crippen LogP contribution in [-0.2, 0) is 11.2 Å². The first-order valence-corrected chi connectivity index (χ1v) is 7.61. The Labute approximate surface area is 132 Å². The van der Waals surface area contributed by atoms with Crippen LogP contribution in [0.3, 0.4) is 0 Å². The summed E-state index contributed by atoms with van der Waals surface area (Å²) in [6.07, 6.45) is 4.08. The maximum atomic E-state index is 11.8. The number of aryl methyl sites for hydroxylation is 1. The van der Waals surface area contributed by atoms with Crippen LogP contribution in [0.2, 0.25) is 0 Å². The molecule has 1 aromatic carbocycles. The van der Waals surface area contributed by atoms with E-state index in [2.05, 4.69) is 27.7 Å². The minimum atomic E-state index is 0. The van der Waals surface area contributed by atoms with Crippen molar-refractivity contribution < 1.29 is 11.0 Å². The first kappa shape index (κ1) is 15.7. The number of nitrogens with zero attached hydrogens (tertiary/aromatic N) is 1. The van der Waals surface area contributed by atoms with Crippen molar-refractivity contribution in [3.63, 3.8) is 0 Å². The molecule has 1 N–H and O–H groups in total. The van der Waals surface area contributed by atoms with Crippen molar-refractivity contribution in [3.05, 3.63) is 29.8 Å². The number of carbonyl (C=O) groups is 1. The molecule has 0 atom stereocenters. The first-order chi connectivity index (χ1) is 10.2. The molecule has 21 heavy (non-hydrogen) atoms. The Bertz CT molecular complexity index is 523. The predicted molar refractivity (Wildman–Crippen MR) is 88.0 cm³/mol. The molecule has 1 aliphatic carbocycles. The van der Waals surface area contributed by atoms with Crippen LogP contribution in [0.25, 0.3) is 0 Å². The van der Waals surface area contributed by atoms with Gasteiger partial charge in [0.25, 0.3) is 0 Å². The molecule has 0 aliphatic heterocycles. The molecule has 114 valence electrons. The van der Waals surface area contributed by atoms with Crippen molar-refractivity contribution in [2.75, 3.05) is 7.11 Å². The molecule has 1 aliphatic rings. The number of amides is 1. The number of methoxy groups -OCH3 is 1. The molecule has 2 rings (SSSR count). The standard InChI is InChI=1S/C16H20N2O2S.H2/c1-20-15-7-5-12(6-8-15)3-2-4-16(19)18-14-9-13(10-14)17-11-21;/h5-8,13-14H,2-4,9-10H2,1H3,(H,18,19);1H. The largest absolute Gasteiger partial charge is 0.497 e. The van der Waals surface area contributed by atoms with Gasteiger partial charge in [-0.15, -0.1) is 0 Å². The molecule has 1 aromatic rings. The summed E-state index contributed by atoms with van der Waals surface area (Å²) in [7, 11) is 1.66. The molecule has 1 saturated carbocycles. The molecular weight excluding hydrogens is 284 g/mol. The summed E-state index contributed by atoms with van der Waals surface area (Å²) >= 11 is 4.56. The summed E-state index contributed by atoms with van der Waals surface area (Å²) in [5.74, 6) is 0.980. The second kappa shape index (κ2) is 7.91. The van der Waals surface area contributed by atoms with Crippen LogP contribution in [-0.4, -0.2) is 30.3 Å². The number of carbonyl (C=O) groups excluding carboxylic acids is 1. The summed E-state index contributed by atoms with van der Waals surface area (Å²) in [5.41, 5.74) is 1.22. The third-order valence-electron chi connectivity index (χ3n) is 3.74. The number of thiocarbonyl (C=S) groups is 1. The summed E-state index contributed by atoms with van der Waals surface area (Å²) in [6.45, 7) is 0. The molecule has 5 heteroatoms. The van der Waals surface area contributed by atoms with E-state index >= 15 is 0 Å². The molecule has 0 radical (unpaired) electrons. The lowest BCUT2D eigenvalue weighted by molar-refractivity contribution is -0.122. The number of isothiocyanates is 1. The van der Waals surface area contributed by atoms with Crippen LogP contribution < -0.4 is 10.1 Å². The van der Waals surface area contributed by atoms with Gasteiger partial charge in [0.05, 0.1) is 18.3 Å². The Morgan fingerprint density at radius 3 is 2.81 bits per heavy atom. The average molecular weight is 306 g/mol. The zero-order valence-electron chi connectivity index (χ0n) is 12.2. The van der Waals surface area contributed by atoms with Crippen molar-refractivity contribution in [1.29, 1.82) is 0 Å². The van der Waals surface area contributed by atoms with E-state index in [9.17, 15) is 4.79 Å². The van der Waals surface area contributed by atoms with E-state index in [-0.39, 0.29) is 19.4 Å². The minimum absolute atomic E-state index is 0. The molecule has 4 nitrogen and oxygen atoms in total. The predicted octanol–water partition coefficient (Wildman–Crippen LogP) is 3.01. The molecule has 0 spiro atoms. The number of hydrogen-bond donors (Lipinski definition) is 1. The van der Waals surface area contributed by atoms with Crippen LogP contribution in [0.15, 0.2) is 29.3 Å². The number of benzene rings is 1. The number of ether oxygens (including phenoxy) is 1. The van der Waals surface area contributed by atoms with Crippen LogP contribution in [0.4, 0.5) is 0 Å². The number of hydrogen-bond acceptors (Lipinski definition) is 4. The SMILES string of the molecule is COc1ccc(CCCC(=O)NC2CC(N=C=S)C2)cc1.[HH]. The summed E-state index contributed by atoms with van der Waals surface area (Å²) in [4.78, 5) is 15.8. The normalized spacial score (nSPS) is 20.0. The van der Waals surface area contributed by atoms with Gasteiger partial charge in [0.15, 0.2) is 0 Å². The molecular formula is C16H22N2O2S. The van der Waals surface area contributed by atoms with E-state index in [1.165, 1.54) is 5.56 Å². The minimum Gasteiger partial charge on any atom is -0.497 e. The molecule has 0 unspecified atom stereocenters. The quantitative estimate of drug-likeness (QED) is 0.622. The van der Waals surface area contributed by atoms with Crippen LogP contribution in [0, 0.1) is 0 Å². The van der Waals surface area contributed by atoms with Gasteiger partial charge in [0.2, 0.25) is 5.91 Å². The summed E-state index contributed by atoms with van der Waals surface area (Å²) < 4.78 is 5.12. The second-order valence-electron chi connectivity index (χ2n) is 5.31. The van der Waals surface area contributed by atoms with Gasteiger partial charge < -0.3 is 10.1 Å². The maximum absolute atomic E-state index is 11.8. The summed E-state index contributed by atoms with van der Waals surface area (Å²) in [5, 5.41) is 5.42. The molecule has 1 amide bonds. The lowest BCUT2D eigenvalue weighted by atomic mass is 9.87. The fraction of sp³-hybridized carbons (Fsp3) is 0.500. The van der Waals surface area contributed by atoms with E-state index in [1.54, 1.807) is 7.11 Å². The lowest BCUT2D eigenvalue weighted by Crippen LogP contribution is -2.46. The fourth-order valence-corrected chi connectivity index (χ4v) is 2.58. The van der Waals surface area contributed by atoms with Crippen LogP contribution in [0.1, 0.15) is 32.7 Å². The monoisotopic (exact) mass is 306 g/mol. The Balaban J connectivity index is 0.00000242. The zero-order chi connectivity index (χ0) is 15.1. The van der Waals surface area contributed by atoms with Crippen LogP contribution in [0.5, 0.6) is 5.75 Å². The van der Waals surface area contributed by atoms with Gasteiger partial charge in [0, 0.05) is 13.9 Å². The highest BCUT2D eigenvalue weighted by Gasteiger charge is 2.29. The Kier molecular flexibility index (Phi) is 5.90. The van der Waals surface area contributed by atoms with Crippen molar-refractivity contribution >= 4 is 23.3 Å². The third-order valence-corrected chi connectivity index (χ3v) is 3.85. The lowest BCUT2D eigenvalue weighted by Gasteiger charge is -2.32. The second-order valence-corrected chi connectivity index (χ2v) is 5.49. The highest BCUT2D eigenvalue weighted by atomic mass is 32.1. The van der Waals surface area contributed by atoms with Crippen molar-refractivity contribution in [3.8, 4) is 5.75 Å². The smallest absolute Gasteiger partial charge is 0.220 e. The zero-order valence-corrected chi connectivity index (χ0v) is 13.0. The van der Waals surface area contributed by atoms with Crippen molar-refractivity contribution in [2.24, 2.45) is 4.99 Å². The van der Waals surface area contributed by atoms with Gasteiger partial charge >= 0.3 is 0 Å². The number of aliphatic imine (C=N–C) groups is 1. The third kappa shape index (κ3) is 4.96. The van der Waals surface area contributed by atoms with Gasteiger partial charge in [-0.05, 0) is 55.6 Å². The molecule has 0 heterocycles.